The van der Waals surface area contributed by atoms with Gasteiger partial charge in [-0.05, 0) is 24.3 Å². The molecular weight excluding hydrogens is 290 g/mol. The van der Waals surface area contributed by atoms with Gasteiger partial charge in [-0.25, -0.2) is 0 Å². The van der Waals surface area contributed by atoms with E-state index in [1.807, 2.05) is 24.3 Å². The number of aromatic nitrogens is 1. The van der Waals surface area contributed by atoms with Gasteiger partial charge in [-0.2, -0.15) is 0 Å². The lowest BCUT2D eigenvalue weighted by Gasteiger charge is -2.06. The molecule has 0 spiro atoms. The van der Waals surface area contributed by atoms with E-state index in [9.17, 15) is 4.79 Å². The van der Waals surface area contributed by atoms with E-state index in [0.29, 0.717) is 13.2 Å². The first-order valence-corrected chi connectivity index (χ1v) is 6.45. The third kappa shape index (κ3) is 2.96. The van der Waals surface area contributed by atoms with E-state index in [0.717, 1.165) is 10.2 Å². The molecule has 0 saturated heterocycles. The lowest BCUT2D eigenvalue weighted by atomic mass is 10.3. The Labute approximate surface area is 105 Å². The molecule has 0 bridgehead atoms. The van der Waals surface area contributed by atoms with Gasteiger partial charge in [0.05, 0.1) is 6.54 Å². The molecule has 0 radical (unpaired) electrons. The van der Waals surface area contributed by atoms with Crippen molar-refractivity contribution < 1.29 is 4.74 Å². The van der Waals surface area contributed by atoms with Crippen molar-refractivity contribution in [2.24, 2.45) is 0 Å². The number of hydrogen-bond acceptors (Lipinski definition) is 3. The standard InChI is InChI=1S/C11H10BrNO2S/c12-9-1-3-10(4-2-9)15-7-5-13-6-8-16-11(13)14/h1-4,6,8H,5,7H2. The fraction of sp³-hybridized carbons (Fsp3) is 0.182. The van der Waals surface area contributed by atoms with E-state index < -0.39 is 0 Å². The Morgan fingerprint density at radius 2 is 2.06 bits per heavy atom. The number of thiazole rings is 1. The van der Waals surface area contributed by atoms with Gasteiger partial charge in [-0.3, -0.25) is 4.79 Å². The predicted molar refractivity (Wildman–Crippen MR) is 68.2 cm³/mol. The third-order valence-corrected chi connectivity index (χ3v) is 3.28. The molecule has 0 saturated carbocycles. The van der Waals surface area contributed by atoms with Gasteiger partial charge in [0.15, 0.2) is 0 Å². The van der Waals surface area contributed by atoms with Gasteiger partial charge in [0.25, 0.3) is 0 Å². The van der Waals surface area contributed by atoms with E-state index in [-0.39, 0.29) is 4.87 Å². The predicted octanol–water partition coefficient (Wildman–Crippen LogP) is 2.75. The van der Waals surface area contributed by atoms with Crippen molar-refractivity contribution in [3.8, 4) is 5.75 Å². The van der Waals surface area contributed by atoms with Crippen LogP contribution in [0.5, 0.6) is 5.75 Å². The fourth-order valence-electron chi connectivity index (χ4n) is 1.25. The molecule has 3 nitrogen and oxygen atoms in total. The Kier molecular flexibility index (Phi) is 3.79. The largest absolute Gasteiger partial charge is 0.492 e. The minimum atomic E-state index is 0.0550. The highest BCUT2D eigenvalue weighted by Gasteiger charge is 1.97. The Morgan fingerprint density at radius 3 is 2.69 bits per heavy atom. The second-order valence-corrected chi connectivity index (χ2v) is 4.94. The molecule has 0 aliphatic rings. The second kappa shape index (κ2) is 5.32. The fourth-order valence-corrected chi connectivity index (χ4v) is 2.13. The number of hydrogen-bond donors (Lipinski definition) is 0. The SMILES string of the molecule is O=c1sccn1CCOc1ccc(Br)cc1. The molecule has 0 aliphatic heterocycles. The zero-order valence-electron chi connectivity index (χ0n) is 8.43. The molecule has 5 heteroatoms. The summed E-state index contributed by atoms with van der Waals surface area (Å²) in [5.41, 5.74) is 0. The highest BCUT2D eigenvalue weighted by molar-refractivity contribution is 9.10. The molecule has 1 aromatic heterocycles. The summed E-state index contributed by atoms with van der Waals surface area (Å²) in [7, 11) is 0. The summed E-state index contributed by atoms with van der Waals surface area (Å²) in [5.74, 6) is 0.812. The first-order chi connectivity index (χ1) is 7.75. The Hall–Kier alpha value is -1.07. The van der Waals surface area contributed by atoms with Gasteiger partial charge < -0.3 is 9.30 Å². The molecule has 16 heavy (non-hydrogen) atoms. The van der Waals surface area contributed by atoms with Crippen molar-refractivity contribution in [2.75, 3.05) is 6.61 Å². The minimum Gasteiger partial charge on any atom is -0.492 e. The van der Waals surface area contributed by atoms with Gasteiger partial charge >= 0.3 is 4.87 Å². The van der Waals surface area contributed by atoms with Gasteiger partial charge in [0, 0.05) is 16.0 Å². The monoisotopic (exact) mass is 299 g/mol. The van der Waals surface area contributed by atoms with Gasteiger partial charge in [0.1, 0.15) is 12.4 Å². The number of nitrogens with zero attached hydrogens (tertiary/aromatic N) is 1. The van der Waals surface area contributed by atoms with Crippen LogP contribution in [0.4, 0.5) is 0 Å². The van der Waals surface area contributed by atoms with Crippen LogP contribution in [0, 0.1) is 0 Å². The van der Waals surface area contributed by atoms with Crippen LogP contribution in [0.1, 0.15) is 0 Å². The van der Waals surface area contributed by atoms with Crippen molar-refractivity contribution >= 4 is 27.3 Å². The van der Waals surface area contributed by atoms with E-state index >= 15 is 0 Å². The van der Waals surface area contributed by atoms with E-state index in [1.54, 1.807) is 16.1 Å². The molecule has 1 aromatic carbocycles. The molecule has 0 amide bonds. The summed E-state index contributed by atoms with van der Waals surface area (Å²) >= 11 is 4.55. The van der Waals surface area contributed by atoms with Gasteiger partial charge in [-0.15, -0.1) is 0 Å². The normalized spacial score (nSPS) is 10.3. The van der Waals surface area contributed by atoms with Crippen LogP contribution in [0.3, 0.4) is 0 Å². The zero-order chi connectivity index (χ0) is 11.4. The summed E-state index contributed by atoms with van der Waals surface area (Å²) < 4.78 is 8.18. The quantitative estimate of drug-likeness (QED) is 0.869. The number of ether oxygens (including phenoxy) is 1. The van der Waals surface area contributed by atoms with E-state index in [1.165, 1.54) is 11.3 Å². The maximum Gasteiger partial charge on any atom is 0.307 e. The number of halogens is 1. The van der Waals surface area contributed by atoms with Crippen LogP contribution in [0.25, 0.3) is 0 Å². The average molecular weight is 300 g/mol. The van der Waals surface area contributed by atoms with Crippen LogP contribution in [-0.2, 0) is 6.54 Å². The lowest BCUT2D eigenvalue weighted by molar-refractivity contribution is 0.297. The van der Waals surface area contributed by atoms with Crippen LogP contribution in [0.15, 0.2) is 45.1 Å². The second-order valence-electron chi connectivity index (χ2n) is 3.16. The summed E-state index contributed by atoms with van der Waals surface area (Å²) in [6, 6.07) is 7.62. The molecule has 0 aliphatic carbocycles. The van der Waals surface area contributed by atoms with Crippen LogP contribution < -0.4 is 9.61 Å². The Morgan fingerprint density at radius 1 is 1.31 bits per heavy atom. The lowest BCUT2D eigenvalue weighted by Crippen LogP contribution is -2.16. The molecule has 0 unspecified atom stereocenters. The summed E-state index contributed by atoms with van der Waals surface area (Å²) in [4.78, 5) is 11.3. The van der Waals surface area contributed by atoms with Crippen LogP contribution in [0.2, 0.25) is 0 Å². The molecule has 0 N–H and O–H groups in total. The summed E-state index contributed by atoms with van der Waals surface area (Å²) in [6.07, 6.45) is 1.78. The van der Waals surface area contributed by atoms with Crippen molar-refractivity contribution in [3.05, 3.63) is 50.0 Å². The van der Waals surface area contributed by atoms with Gasteiger partial charge in [-0.1, -0.05) is 27.3 Å². The van der Waals surface area contributed by atoms with Crippen LogP contribution >= 0.6 is 27.3 Å². The van der Waals surface area contributed by atoms with Crippen LogP contribution in [-0.4, -0.2) is 11.2 Å². The van der Waals surface area contributed by atoms with Gasteiger partial charge in [0.2, 0.25) is 0 Å². The van der Waals surface area contributed by atoms with E-state index in [4.69, 9.17) is 4.74 Å². The van der Waals surface area contributed by atoms with E-state index in [2.05, 4.69) is 15.9 Å². The molecular formula is C11H10BrNO2S. The first kappa shape index (κ1) is 11.4. The van der Waals surface area contributed by atoms with Crippen molar-refractivity contribution in [2.45, 2.75) is 6.54 Å². The topological polar surface area (TPSA) is 31.2 Å². The number of rotatable bonds is 4. The minimum absolute atomic E-state index is 0.0550. The summed E-state index contributed by atoms with van der Waals surface area (Å²) in [6.45, 7) is 1.08. The molecule has 0 fully saturated rings. The van der Waals surface area contributed by atoms with Crippen molar-refractivity contribution in [1.82, 2.24) is 4.57 Å². The first-order valence-electron chi connectivity index (χ1n) is 4.78. The smallest absolute Gasteiger partial charge is 0.307 e. The maximum atomic E-state index is 11.2. The Balaban J connectivity index is 1.87. The number of benzene rings is 1. The molecule has 0 atom stereocenters. The molecule has 2 aromatic rings. The molecule has 1 heterocycles. The zero-order valence-corrected chi connectivity index (χ0v) is 10.8. The maximum absolute atomic E-state index is 11.2. The molecule has 84 valence electrons. The molecule has 2 rings (SSSR count). The Bertz CT molecular complexity index is 503. The highest BCUT2D eigenvalue weighted by Crippen LogP contribution is 2.15. The third-order valence-electron chi connectivity index (χ3n) is 2.06. The highest BCUT2D eigenvalue weighted by atomic mass is 79.9. The average Bonchev–Trinajstić information content (AvgIpc) is 2.68. The summed E-state index contributed by atoms with van der Waals surface area (Å²) in [5, 5.41) is 1.78. The van der Waals surface area contributed by atoms with Crippen molar-refractivity contribution in [3.63, 3.8) is 0 Å². The van der Waals surface area contributed by atoms with Crippen molar-refractivity contribution in [1.29, 1.82) is 0 Å².